The molecule has 2 heterocycles. The Morgan fingerprint density at radius 3 is 2.95 bits per heavy atom. The number of rotatable bonds is 3. The molecule has 5 heteroatoms. The number of carbonyl (C=O) groups is 2. The Hall–Kier alpha value is -2.14. The highest BCUT2D eigenvalue weighted by Crippen LogP contribution is 2.24. The van der Waals surface area contributed by atoms with Gasteiger partial charge in [0.05, 0.1) is 6.04 Å². The maximum absolute atomic E-state index is 12.3. The number of thiophene rings is 1. The number of nitrogens with one attached hydrogen (secondary N) is 2. The number of aryl methyl sites for hydroxylation is 1. The van der Waals surface area contributed by atoms with Crippen LogP contribution in [0.25, 0.3) is 0 Å². The van der Waals surface area contributed by atoms with Crippen LogP contribution in [0.5, 0.6) is 0 Å². The first-order valence-electron chi connectivity index (χ1n) is 6.90. The van der Waals surface area contributed by atoms with E-state index in [0.717, 1.165) is 16.1 Å². The molecule has 1 atom stereocenters. The number of benzene rings is 1. The van der Waals surface area contributed by atoms with E-state index in [2.05, 4.69) is 10.6 Å². The van der Waals surface area contributed by atoms with E-state index >= 15 is 0 Å². The molecular weight excluding hydrogens is 284 g/mol. The predicted octanol–water partition coefficient (Wildman–Crippen LogP) is 3.12. The summed E-state index contributed by atoms with van der Waals surface area (Å²) in [6, 6.07) is 9.40. The maximum Gasteiger partial charge on any atom is 0.251 e. The molecule has 1 aliphatic rings. The molecule has 1 aliphatic heterocycles. The Bertz CT molecular complexity index is 680. The van der Waals surface area contributed by atoms with Crippen molar-refractivity contribution in [2.45, 2.75) is 25.8 Å². The van der Waals surface area contributed by atoms with Crippen molar-refractivity contribution in [3.8, 4) is 0 Å². The van der Waals surface area contributed by atoms with Crippen LogP contribution in [-0.4, -0.2) is 11.8 Å². The molecule has 0 spiro atoms. The molecule has 108 valence electrons. The molecule has 0 saturated heterocycles. The number of anilines is 1. The quantitative estimate of drug-likeness (QED) is 0.915. The monoisotopic (exact) mass is 300 g/mol. The molecule has 1 aromatic heterocycles. The summed E-state index contributed by atoms with van der Waals surface area (Å²) in [7, 11) is 0. The highest BCUT2D eigenvalue weighted by atomic mass is 32.1. The van der Waals surface area contributed by atoms with E-state index in [4.69, 9.17) is 0 Å². The van der Waals surface area contributed by atoms with Crippen molar-refractivity contribution in [1.29, 1.82) is 0 Å². The molecule has 0 saturated carbocycles. The number of fused-ring (bicyclic) bond motifs is 1. The average molecular weight is 300 g/mol. The second-order valence-electron chi connectivity index (χ2n) is 5.13. The molecule has 2 amide bonds. The van der Waals surface area contributed by atoms with Gasteiger partial charge in [0.25, 0.3) is 5.91 Å². The van der Waals surface area contributed by atoms with Crippen LogP contribution in [-0.2, 0) is 11.2 Å². The van der Waals surface area contributed by atoms with Crippen molar-refractivity contribution in [2.75, 3.05) is 5.32 Å². The Morgan fingerprint density at radius 1 is 1.33 bits per heavy atom. The van der Waals surface area contributed by atoms with Crippen LogP contribution in [0.4, 0.5) is 5.69 Å². The fourth-order valence-electron chi connectivity index (χ4n) is 2.41. The van der Waals surface area contributed by atoms with Gasteiger partial charge in [-0.3, -0.25) is 9.59 Å². The highest BCUT2D eigenvalue weighted by molar-refractivity contribution is 7.10. The van der Waals surface area contributed by atoms with Gasteiger partial charge in [-0.2, -0.15) is 0 Å². The summed E-state index contributed by atoms with van der Waals surface area (Å²) < 4.78 is 0. The van der Waals surface area contributed by atoms with Crippen LogP contribution in [0.15, 0.2) is 35.7 Å². The van der Waals surface area contributed by atoms with E-state index in [0.29, 0.717) is 18.4 Å². The summed E-state index contributed by atoms with van der Waals surface area (Å²) in [5.41, 5.74) is 2.47. The molecular formula is C16H16N2O2S. The van der Waals surface area contributed by atoms with E-state index < -0.39 is 0 Å². The highest BCUT2D eigenvalue weighted by Gasteiger charge is 2.17. The summed E-state index contributed by atoms with van der Waals surface area (Å²) in [5.74, 6) is -0.0541. The Morgan fingerprint density at radius 2 is 2.19 bits per heavy atom. The van der Waals surface area contributed by atoms with Gasteiger partial charge in [-0.25, -0.2) is 0 Å². The van der Waals surface area contributed by atoms with Crippen molar-refractivity contribution in [3.05, 3.63) is 51.7 Å². The third-order valence-electron chi connectivity index (χ3n) is 3.58. The fraction of sp³-hybridized carbons (Fsp3) is 0.250. The minimum absolute atomic E-state index is 0.00626. The summed E-state index contributed by atoms with van der Waals surface area (Å²) in [5, 5.41) is 7.82. The molecule has 3 rings (SSSR count). The smallest absolute Gasteiger partial charge is 0.251 e. The van der Waals surface area contributed by atoms with Gasteiger partial charge in [-0.1, -0.05) is 6.07 Å². The minimum atomic E-state index is -0.0874. The Balaban J connectivity index is 1.75. The van der Waals surface area contributed by atoms with E-state index in [1.807, 2.05) is 30.5 Å². The zero-order valence-corrected chi connectivity index (χ0v) is 12.5. The molecule has 0 bridgehead atoms. The van der Waals surface area contributed by atoms with Crippen molar-refractivity contribution < 1.29 is 9.59 Å². The topological polar surface area (TPSA) is 58.2 Å². The lowest BCUT2D eigenvalue weighted by Crippen LogP contribution is -2.26. The first-order valence-corrected chi connectivity index (χ1v) is 7.78. The number of amides is 2. The molecule has 0 unspecified atom stereocenters. The fourth-order valence-corrected chi connectivity index (χ4v) is 3.15. The Labute approximate surface area is 127 Å². The minimum Gasteiger partial charge on any atom is -0.345 e. The molecule has 21 heavy (non-hydrogen) atoms. The van der Waals surface area contributed by atoms with E-state index in [-0.39, 0.29) is 17.9 Å². The molecule has 0 aliphatic carbocycles. The second-order valence-corrected chi connectivity index (χ2v) is 6.11. The van der Waals surface area contributed by atoms with Crippen LogP contribution < -0.4 is 10.6 Å². The van der Waals surface area contributed by atoms with Gasteiger partial charge in [0, 0.05) is 22.5 Å². The average Bonchev–Trinajstić information content (AvgIpc) is 3.01. The summed E-state index contributed by atoms with van der Waals surface area (Å²) in [4.78, 5) is 24.8. The Kier molecular flexibility index (Phi) is 3.75. The molecule has 2 N–H and O–H groups in total. The van der Waals surface area contributed by atoms with E-state index in [9.17, 15) is 9.59 Å². The zero-order chi connectivity index (χ0) is 14.8. The van der Waals surface area contributed by atoms with Crippen LogP contribution in [0, 0.1) is 0 Å². The van der Waals surface area contributed by atoms with Crippen molar-refractivity contribution in [1.82, 2.24) is 5.32 Å². The van der Waals surface area contributed by atoms with Gasteiger partial charge >= 0.3 is 0 Å². The normalized spacial score (nSPS) is 15.0. The van der Waals surface area contributed by atoms with E-state index in [1.165, 1.54) is 0 Å². The first kappa shape index (κ1) is 13.8. The largest absolute Gasteiger partial charge is 0.345 e. The lowest BCUT2D eigenvalue weighted by molar-refractivity contribution is -0.116. The number of hydrogen-bond donors (Lipinski definition) is 2. The van der Waals surface area contributed by atoms with Crippen LogP contribution >= 0.6 is 11.3 Å². The van der Waals surface area contributed by atoms with Crippen LogP contribution in [0.1, 0.15) is 40.2 Å². The summed E-state index contributed by atoms with van der Waals surface area (Å²) in [6.45, 7) is 1.97. The summed E-state index contributed by atoms with van der Waals surface area (Å²) in [6.07, 6.45) is 1.16. The first-order chi connectivity index (χ1) is 10.1. The molecule has 2 aromatic rings. The standard InChI is InChI=1S/C16H16N2O2S/c1-10(14-3-2-8-21-14)17-16(20)12-4-6-13-11(9-12)5-7-15(19)18-13/h2-4,6,8-10H,5,7H2,1H3,(H,17,20)(H,18,19)/t10-/m0/s1. The van der Waals surface area contributed by atoms with Gasteiger partial charge in [-0.15, -0.1) is 11.3 Å². The number of carbonyl (C=O) groups excluding carboxylic acids is 2. The lowest BCUT2D eigenvalue weighted by atomic mass is 10.00. The SMILES string of the molecule is C[C@H](NC(=O)c1ccc2c(c1)CCC(=O)N2)c1cccs1. The van der Waals surface area contributed by atoms with Gasteiger partial charge in [0.1, 0.15) is 0 Å². The lowest BCUT2D eigenvalue weighted by Gasteiger charge is -2.18. The predicted molar refractivity (Wildman–Crippen MR) is 83.6 cm³/mol. The summed E-state index contributed by atoms with van der Waals surface area (Å²) >= 11 is 1.63. The molecule has 1 aromatic carbocycles. The number of hydrogen-bond acceptors (Lipinski definition) is 3. The van der Waals surface area contributed by atoms with Crippen molar-refractivity contribution in [3.63, 3.8) is 0 Å². The van der Waals surface area contributed by atoms with E-state index in [1.54, 1.807) is 23.5 Å². The molecule has 0 fully saturated rings. The third-order valence-corrected chi connectivity index (χ3v) is 4.64. The van der Waals surface area contributed by atoms with Crippen LogP contribution in [0.3, 0.4) is 0 Å². The van der Waals surface area contributed by atoms with Gasteiger partial charge in [0.15, 0.2) is 0 Å². The maximum atomic E-state index is 12.3. The van der Waals surface area contributed by atoms with Crippen LogP contribution in [0.2, 0.25) is 0 Å². The van der Waals surface area contributed by atoms with Crippen molar-refractivity contribution >= 4 is 28.8 Å². The molecule has 4 nitrogen and oxygen atoms in total. The third kappa shape index (κ3) is 2.97. The molecule has 0 radical (unpaired) electrons. The van der Waals surface area contributed by atoms with Gasteiger partial charge in [0.2, 0.25) is 5.91 Å². The zero-order valence-electron chi connectivity index (χ0n) is 11.7. The second kappa shape index (κ2) is 5.69. The van der Waals surface area contributed by atoms with Gasteiger partial charge in [-0.05, 0) is 48.6 Å². The van der Waals surface area contributed by atoms with Gasteiger partial charge < -0.3 is 10.6 Å². The van der Waals surface area contributed by atoms with Crippen molar-refractivity contribution in [2.24, 2.45) is 0 Å².